The summed E-state index contributed by atoms with van der Waals surface area (Å²) in [6.45, 7) is 2.91. The number of likely N-dealkylation sites (tertiary alicyclic amines) is 1. The number of likely N-dealkylation sites (N-methyl/N-ethyl adjacent to an activating group) is 1. The van der Waals surface area contributed by atoms with Crippen molar-refractivity contribution in [3.05, 3.63) is 21.9 Å². The van der Waals surface area contributed by atoms with Crippen LogP contribution in [0.15, 0.2) is 11.4 Å². The highest BCUT2D eigenvalue weighted by atomic mass is 32.1. The molecule has 1 saturated heterocycles. The van der Waals surface area contributed by atoms with E-state index in [1.165, 1.54) is 15.3 Å². The Balaban J connectivity index is 1.53. The molecule has 3 rings (SSSR count). The Bertz CT molecular complexity index is 686. The first-order valence-corrected chi connectivity index (χ1v) is 9.56. The maximum absolute atomic E-state index is 12.6. The highest BCUT2D eigenvalue weighted by molar-refractivity contribution is 7.10. The molecular weight excluding hydrogens is 340 g/mol. The number of aliphatic carboxylic acids is 1. The summed E-state index contributed by atoms with van der Waals surface area (Å²) >= 11 is 1.69. The van der Waals surface area contributed by atoms with Crippen molar-refractivity contribution in [3.8, 4) is 0 Å². The van der Waals surface area contributed by atoms with Crippen LogP contribution in [0.5, 0.6) is 0 Å². The lowest BCUT2D eigenvalue weighted by Crippen LogP contribution is -2.47. The maximum atomic E-state index is 12.6. The van der Waals surface area contributed by atoms with Gasteiger partial charge in [-0.2, -0.15) is 0 Å². The van der Waals surface area contributed by atoms with Crippen LogP contribution < -0.4 is 0 Å². The summed E-state index contributed by atoms with van der Waals surface area (Å²) in [5.74, 6) is -1.23. The molecule has 0 aromatic carbocycles. The molecule has 1 N–H and O–H groups in total. The van der Waals surface area contributed by atoms with Crippen molar-refractivity contribution in [1.29, 1.82) is 0 Å². The van der Waals surface area contributed by atoms with Crippen LogP contribution in [0.1, 0.15) is 35.6 Å². The summed E-state index contributed by atoms with van der Waals surface area (Å²) in [6, 6.07) is 2.07. The minimum Gasteiger partial charge on any atom is -0.481 e. The molecule has 3 unspecified atom stereocenters. The van der Waals surface area contributed by atoms with E-state index in [1.54, 1.807) is 23.3 Å². The molecule has 2 fully saturated rings. The molecule has 2 aliphatic rings. The van der Waals surface area contributed by atoms with Crippen LogP contribution in [0.2, 0.25) is 0 Å². The molecule has 0 radical (unpaired) electrons. The third-order valence-corrected chi connectivity index (χ3v) is 6.37. The molecule has 1 aliphatic heterocycles. The Morgan fingerprint density at radius 2 is 2.16 bits per heavy atom. The molecule has 1 aliphatic carbocycles. The molecule has 1 saturated carbocycles. The Morgan fingerprint density at radius 3 is 2.80 bits per heavy atom. The summed E-state index contributed by atoms with van der Waals surface area (Å²) in [5.41, 5.74) is 1.23. The smallest absolute Gasteiger partial charge is 0.308 e. The standard InChI is InChI=1S/C18H24N2O4S/c1-11-5-7-25-16(11)13-8-14(13)17(22)19(2)10-15(21)20-6-3-4-12(9-20)18(23)24/h5,7,12-14H,3-4,6,8-10H2,1-2H3,(H,23,24). The first-order valence-electron chi connectivity index (χ1n) is 8.68. The van der Waals surface area contributed by atoms with Gasteiger partial charge in [0.25, 0.3) is 0 Å². The molecule has 3 atom stereocenters. The number of nitrogens with zero attached hydrogens (tertiary/aromatic N) is 2. The molecule has 1 aromatic heterocycles. The molecule has 0 bridgehead atoms. The fourth-order valence-electron chi connectivity index (χ4n) is 3.59. The van der Waals surface area contributed by atoms with Crippen molar-refractivity contribution in [2.45, 2.75) is 32.1 Å². The minimum atomic E-state index is -0.853. The highest BCUT2D eigenvalue weighted by Gasteiger charge is 2.46. The number of thiophene rings is 1. The van der Waals surface area contributed by atoms with Crippen molar-refractivity contribution in [3.63, 3.8) is 0 Å². The topological polar surface area (TPSA) is 77.9 Å². The number of amides is 2. The van der Waals surface area contributed by atoms with E-state index in [0.717, 1.165) is 6.42 Å². The number of hydrogen-bond donors (Lipinski definition) is 1. The molecule has 0 spiro atoms. The van der Waals surface area contributed by atoms with E-state index < -0.39 is 11.9 Å². The van der Waals surface area contributed by atoms with Gasteiger partial charge in [0.05, 0.1) is 12.5 Å². The van der Waals surface area contributed by atoms with Gasteiger partial charge in [-0.25, -0.2) is 0 Å². The molecule has 2 amide bonds. The lowest BCUT2D eigenvalue weighted by atomic mass is 9.98. The van der Waals surface area contributed by atoms with E-state index in [1.807, 2.05) is 5.38 Å². The third kappa shape index (κ3) is 3.86. The maximum Gasteiger partial charge on any atom is 0.308 e. The van der Waals surface area contributed by atoms with Gasteiger partial charge >= 0.3 is 5.97 Å². The van der Waals surface area contributed by atoms with Gasteiger partial charge in [0.15, 0.2) is 0 Å². The molecular formula is C18H24N2O4S. The van der Waals surface area contributed by atoms with Crippen molar-refractivity contribution < 1.29 is 19.5 Å². The van der Waals surface area contributed by atoms with Crippen LogP contribution in [-0.2, 0) is 14.4 Å². The van der Waals surface area contributed by atoms with Gasteiger partial charge in [-0.3, -0.25) is 14.4 Å². The average Bonchev–Trinajstić information content (AvgIpc) is 3.27. The summed E-state index contributed by atoms with van der Waals surface area (Å²) < 4.78 is 0. The summed E-state index contributed by atoms with van der Waals surface area (Å²) in [4.78, 5) is 40.5. The number of carboxylic acid groups (broad SMARTS) is 1. The van der Waals surface area contributed by atoms with E-state index in [2.05, 4.69) is 13.0 Å². The molecule has 2 heterocycles. The van der Waals surface area contributed by atoms with E-state index in [0.29, 0.717) is 19.4 Å². The van der Waals surface area contributed by atoms with Crippen LogP contribution in [-0.4, -0.2) is 59.4 Å². The Kier molecular flexibility index (Phi) is 5.13. The van der Waals surface area contributed by atoms with Gasteiger partial charge < -0.3 is 14.9 Å². The van der Waals surface area contributed by atoms with Gasteiger partial charge in [0.2, 0.25) is 11.8 Å². The average molecular weight is 364 g/mol. The first-order chi connectivity index (χ1) is 11.9. The second-order valence-corrected chi connectivity index (χ2v) is 8.08. The quantitative estimate of drug-likeness (QED) is 0.866. The largest absolute Gasteiger partial charge is 0.481 e. The van der Waals surface area contributed by atoms with Gasteiger partial charge in [-0.05, 0) is 43.2 Å². The molecule has 1 aromatic rings. The van der Waals surface area contributed by atoms with Gasteiger partial charge in [-0.15, -0.1) is 11.3 Å². The van der Waals surface area contributed by atoms with Crippen LogP contribution >= 0.6 is 11.3 Å². The van der Waals surface area contributed by atoms with Crippen molar-refractivity contribution in [1.82, 2.24) is 9.80 Å². The van der Waals surface area contributed by atoms with E-state index >= 15 is 0 Å². The first kappa shape index (κ1) is 17.9. The fraction of sp³-hybridized carbons (Fsp3) is 0.611. The van der Waals surface area contributed by atoms with Crippen LogP contribution in [0, 0.1) is 18.8 Å². The van der Waals surface area contributed by atoms with E-state index in [9.17, 15) is 14.4 Å². The fourth-order valence-corrected chi connectivity index (χ4v) is 4.70. The van der Waals surface area contributed by atoms with Crippen molar-refractivity contribution in [2.24, 2.45) is 11.8 Å². The monoisotopic (exact) mass is 364 g/mol. The number of carbonyl (C=O) groups excluding carboxylic acids is 2. The number of rotatable bonds is 5. The zero-order valence-electron chi connectivity index (χ0n) is 14.6. The number of aryl methyl sites for hydroxylation is 1. The zero-order valence-corrected chi connectivity index (χ0v) is 15.4. The zero-order chi connectivity index (χ0) is 18.1. The lowest BCUT2D eigenvalue weighted by molar-refractivity contribution is -0.147. The predicted octanol–water partition coefficient (Wildman–Crippen LogP) is 1.94. The normalized spacial score (nSPS) is 25.5. The van der Waals surface area contributed by atoms with Gasteiger partial charge in [-0.1, -0.05) is 0 Å². The van der Waals surface area contributed by atoms with Crippen LogP contribution in [0.4, 0.5) is 0 Å². The Hall–Kier alpha value is -1.89. The van der Waals surface area contributed by atoms with Crippen molar-refractivity contribution >= 4 is 29.1 Å². The number of hydrogen-bond acceptors (Lipinski definition) is 4. The van der Waals surface area contributed by atoms with Gasteiger partial charge in [0.1, 0.15) is 0 Å². The predicted molar refractivity (Wildman–Crippen MR) is 94.5 cm³/mol. The summed E-state index contributed by atoms with van der Waals surface area (Å²) in [7, 11) is 1.66. The molecule has 25 heavy (non-hydrogen) atoms. The summed E-state index contributed by atoms with van der Waals surface area (Å²) in [5, 5.41) is 11.2. The molecule has 7 heteroatoms. The van der Waals surface area contributed by atoms with E-state index in [-0.39, 0.29) is 36.7 Å². The second kappa shape index (κ2) is 7.15. The molecule has 136 valence electrons. The Labute approximate surface area is 151 Å². The SMILES string of the molecule is Cc1ccsc1C1CC1C(=O)N(C)CC(=O)N1CCCC(C(=O)O)C1. The van der Waals surface area contributed by atoms with Crippen molar-refractivity contribution in [2.75, 3.05) is 26.7 Å². The van der Waals surface area contributed by atoms with Crippen LogP contribution in [0.3, 0.4) is 0 Å². The minimum absolute atomic E-state index is 0.0120. The number of piperidine rings is 1. The lowest BCUT2D eigenvalue weighted by Gasteiger charge is -2.32. The third-order valence-electron chi connectivity index (χ3n) is 5.22. The number of carboxylic acids is 1. The number of carbonyl (C=O) groups is 3. The highest BCUT2D eigenvalue weighted by Crippen LogP contribution is 2.51. The Morgan fingerprint density at radius 1 is 1.40 bits per heavy atom. The van der Waals surface area contributed by atoms with E-state index in [4.69, 9.17) is 5.11 Å². The second-order valence-electron chi connectivity index (χ2n) is 7.13. The van der Waals surface area contributed by atoms with Gasteiger partial charge in [0, 0.05) is 36.9 Å². The summed E-state index contributed by atoms with van der Waals surface area (Å²) in [6.07, 6.45) is 2.16. The van der Waals surface area contributed by atoms with Crippen LogP contribution in [0.25, 0.3) is 0 Å². The molecule has 6 nitrogen and oxygen atoms in total.